The number of esters is 1. The van der Waals surface area contributed by atoms with E-state index in [9.17, 15) is 4.79 Å². The van der Waals surface area contributed by atoms with Gasteiger partial charge in [0.2, 0.25) is 5.88 Å². The van der Waals surface area contributed by atoms with Gasteiger partial charge in [0.15, 0.2) is 0 Å². The van der Waals surface area contributed by atoms with E-state index in [1.807, 2.05) is 36.5 Å². The van der Waals surface area contributed by atoms with Gasteiger partial charge in [-0.2, -0.15) is 0 Å². The molecule has 1 fully saturated rings. The lowest BCUT2D eigenvalue weighted by molar-refractivity contribution is -0.139. The van der Waals surface area contributed by atoms with E-state index in [1.165, 1.54) is 6.33 Å². The highest BCUT2D eigenvalue weighted by molar-refractivity contribution is 5.97. The third-order valence-electron chi connectivity index (χ3n) is 5.23. The number of rotatable bonds is 3. The third kappa shape index (κ3) is 2.99. The molecule has 0 atom stereocenters. The Labute approximate surface area is 161 Å². The number of fused-ring (bicyclic) bond motifs is 2. The first kappa shape index (κ1) is 16.8. The second-order valence-electron chi connectivity index (χ2n) is 6.96. The van der Waals surface area contributed by atoms with Crippen LogP contribution < -0.4 is 10.1 Å². The van der Waals surface area contributed by atoms with Gasteiger partial charge in [-0.15, -0.1) is 0 Å². The number of carbonyl (C=O) groups excluding carboxylic acids is 1. The van der Waals surface area contributed by atoms with Crippen LogP contribution in [-0.4, -0.2) is 39.0 Å². The van der Waals surface area contributed by atoms with E-state index in [2.05, 4.69) is 25.3 Å². The number of benzene rings is 1. The van der Waals surface area contributed by atoms with Crippen molar-refractivity contribution in [1.29, 1.82) is 0 Å². The molecule has 0 spiro atoms. The monoisotopic (exact) mass is 373 g/mol. The Hall–Kier alpha value is -3.32. The fourth-order valence-corrected chi connectivity index (χ4v) is 3.71. The molecule has 7 nitrogen and oxygen atoms in total. The highest BCUT2D eigenvalue weighted by Gasteiger charge is 2.24. The van der Waals surface area contributed by atoms with Crippen LogP contribution in [-0.2, 0) is 4.79 Å². The van der Waals surface area contributed by atoms with E-state index in [1.54, 1.807) is 6.20 Å². The number of piperidine rings is 1. The summed E-state index contributed by atoms with van der Waals surface area (Å²) in [4.78, 5) is 28.7. The zero-order valence-electron chi connectivity index (χ0n) is 15.2. The maximum atomic E-state index is 12.6. The van der Waals surface area contributed by atoms with Crippen LogP contribution in [0.5, 0.6) is 5.88 Å². The van der Waals surface area contributed by atoms with Crippen molar-refractivity contribution in [2.24, 2.45) is 5.92 Å². The predicted octanol–water partition coefficient (Wildman–Crippen LogP) is 3.08. The van der Waals surface area contributed by atoms with Gasteiger partial charge in [-0.1, -0.05) is 6.07 Å². The third-order valence-corrected chi connectivity index (χ3v) is 5.23. The Morgan fingerprint density at radius 3 is 2.86 bits per heavy atom. The summed E-state index contributed by atoms with van der Waals surface area (Å²) in [7, 11) is 0. The van der Waals surface area contributed by atoms with E-state index in [0.717, 1.165) is 59.0 Å². The molecule has 5 rings (SSSR count). The zero-order chi connectivity index (χ0) is 18.9. The summed E-state index contributed by atoms with van der Waals surface area (Å²) >= 11 is 0. The summed E-state index contributed by atoms with van der Waals surface area (Å²) in [6.07, 6.45) is 6.70. The van der Waals surface area contributed by atoms with Crippen molar-refractivity contribution >= 4 is 27.9 Å². The molecule has 2 N–H and O–H groups in total. The molecule has 1 saturated heterocycles. The van der Waals surface area contributed by atoms with Gasteiger partial charge < -0.3 is 15.0 Å². The maximum Gasteiger partial charge on any atom is 0.315 e. The second kappa shape index (κ2) is 7.01. The molecule has 1 aromatic carbocycles. The lowest BCUT2D eigenvalue weighted by atomic mass is 9.98. The molecule has 28 heavy (non-hydrogen) atoms. The number of hydrogen-bond acceptors (Lipinski definition) is 6. The smallest absolute Gasteiger partial charge is 0.315 e. The first-order valence-electron chi connectivity index (χ1n) is 9.39. The lowest BCUT2D eigenvalue weighted by Crippen LogP contribution is -2.33. The average Bonchev–Trinajstić information content (AvgIpc) is 3.18. The Morgan fingerprint density at radius 2 is 1.96 bits per heavy atom. The molecule has 0 radical (unpaired) electrons. The number of aromatic amines is 1. The van der Waals surface area contributed by atoms with Crippen LogP contribution >= 0.6 is 0 Å². The fraction of sp³-hybridized carbons (Fsp3) is 0.238. The molecular formula is C21H19N5O2. The number of nitrogens with zero attached hydrogens (tertiary/aromatic N) is 3. The molecule has 3 aromatic heterocycles. The van der Waals surface area contributed by atoms with Gasteiger partial charge in [-0.05, 0) is 55.8 Å². The number of nitrogens with one attached hydrogen (secondary N) is 2. The fourth-order valence-electron chi connectivity index (χ4n) is 3.71. The van der Waals surface area contributed by atoms with Crippen molar-refractivity contribution in [1.82, 2.24) is 25.3 Å². The molecule has 0 aliphatic carbocycles. The molecule has 0 saturated carbocycles. The van der Waals surface area contributed by atoms with Crippen molar-refractivity contribution in [3.05, 3.63) is 49.1 Å². The standard InChI is InChI=1S/C21H19N5O2/c27-21(13-5-8-22-9-6-13)28-20-16-10-14(3-4-18(16)25-12-26-20)17-11-24-19-15(17)2-1-7-23-19/h1-4,7,10-13,22H,5-6,8-9H2,(H,23,24). The minimum atomic E-state index is -0.219. The van der Waals surface area contributed by atoms with Gasteiger partial charge in [0.05, 0.1) is 16.8 Å². The van der Waals surface area contributed by atoms with Gasteiger partial charge in [0.25, 0.3) is 0 Å². The SMILES string of the molecule is O=C(Oc1ncnc2ccc(-c3c[nH]c4ncccc34)cc12)C1CCNCC1. The molecule has 1 aliphatic rings. The molecule has 4 aromatic rings. The molecule has 7 heteroatoms. The molecule has 4 heterocycles. The first-order valence-corrected chi connectivity index (χ1v) is 9.39. The number of pyridine rings is 1. The summed E-state index contributed by atoms with van der Waals surface area (Å²) in [6, 6.07) is 9.83. The quantitative estimate of drug-likeness (QED) is 0.536. The summed E-state index contributed by atoms with van der Waals surface area (Å²) in [6.45, 7) is 1.67. The van der Waals surface area contributed by atoms with E-state index >= 15 is 0 Å². The van der Waals surface area contributed by atoms with Crippen LogP contribution in [0, 0.1) is 5.92 Å². The molecular weight excluding hydrogens is 354 g/mol. The highest BCUT2D eigenvalue weighted by Crippen LogP contribution is 2.32. The van der Waals surface area contributed by atoms with E-state index in [0.29, 0.717) is 5.88 Å². The maximum absolute atomic E-state index is 12.6. The molecule has 1 aliphatic heterocycles. The van der Waals surface area contributed by atoms with E-state index in [4.69, 9.17) is 4.74 Å². The van der Waals surface area contributed by atoms with Crippen molar-refractivity contribution in [2.75, 3.05) is 13.1 Å². The summed E-state index contributed by atoms with van der Waals surface area (Å²) in [5.41, 5.74) is 3.59. The van der Waals surface area contributed by atoms with Crippen molar-refractivity contribution in [2.45, 2.75) is 12.8 Å². The Kier molecular flexibility index (Phi) is 4.21. The molecule has 0 bridgehead atoms. The van der Waals surface area contributed by atoms with Crippen LogP contribution in [0.1, 0.15) is 12.8 Å². The summed E-state index contributed by atoms with van der Waals surface area (Å²) < 4.78 is 5.69. The number of ether oxygens (including phenoxy) is 1. The molecule has 140 valence electrons. The Bertz CT molecular complexity index is 1160. The Balaban J connectivity index is 1.53. The van der Waals surface area contributed by atoms with Gasteiger partial charge in [-0.25, -0.2) is 15.0 Å². The van der Waals surface area contributed by atoms with E-state index < -0.39 is 0 Å². The number of carbonyl (C=O) groups is 1. The molecule has 0 amide bonds. The Morgan fingerprint density at radius 1 is 1.07 bits per heavy atom. The van der Waals surface area contributed by atoms with Crippen molar-refractivity contribution in [3.63, 3.8) is 0 Å². The van der Waals surface area contributed by atoms with Gasteiger partial charge >= 0.3 is 5.97 Å². The van der Waals surface area contributed by atoms with E-state index in [-0.39, 0.29) is 11.9 Å². The number of hydrogen-bond donors (Lipinski definition) is 2. The first-order chi connectivity index (χ1) is 13.8. The predicted molar refractivity (Wildman–Crippen MR) is 106 cm³/mol. The highest BCUT2D eigenvalue weighted by atomic mass is 16.5. The number of aromatic nitrogens is 4. The molecule has 0 unspecified atom stereocenters. The van der Waals surface area contributed by atoms with Crippen molar-refractivity contribution in [3.8, 4) is 17.0 Å². The summed E-state index contributed by atoms with van der Waals surface area (Å²) in [5.74, 6) is 0.00526. The van der Waals surface area contributed by atoms with Crippen LogP contribution in [0.25, 0.3) is 33.1 Å². The topological polar surface area (TPSA) is 92.8 Å². The number of H-pyrrole nitrogens is 1. The largest absolute Gasteiger partial charge is 0.406 e. The zero-order valence-corrected chi connectivity index (χ0v) is 15.2. The minimum absolute atomic E-state index is 0.0888. The summed E-state index contributed by atoms with van der Waals surface area (Å²) in [5, 5.41) is 5.02. The van der Waals surface area contributed by atoms with Gasteiger partial charge in [-0.3, -0.25) is 4.79 Å². The van der Waals surface area contributed by atoms with Crippen LogP contribution in [0.2, 0.25) is 0 Å². The van der Waals surface area contributed by atoms with Gasteiger partial charge in [0.1, 0.15) is 12.0 Å². The normalized spacial score (nSPS) is 15.1. The van der Waals surface area contributed by atoms with Gasteiger partial charge in [0, 0.05) is 23.3 Å². The lowest BCUT2D eigenvalue weighted by Gasteiger charge is -2.20. The van der Waals surface area contributed by atoms with Crippen LogP contribution in [0.15, 0.2) is 49.1 Å². The van der Waals surface area contributed by atoms with Crippen LogP contribution in [0.4, 0.5) is 0 Å². The average molecular weight is 373 g/mol. The minimum Gasteiger partial charge on any atom is -0.406 e. The second-order valence-corrected chi connectivity index (χ2v) is 6.96. The van der Waals surface area contributed by atoms with Crippen LogP contribution in [0.3, 0.4) is 0 Å². The van der Waals surface area contributed by atoms with Crippen molar-refractivity contribution < 1.29 is 9.53 Å².